The summed E-state index contributed by atoms with van der Waals surface area (Å²) < 4.78 is 6.84. The Morgan fingerprint density at radius 1 is 0.415 bits per heavy atom. The van der Waals surface area contributed by atoms with E-state index in [1.54, 1.807) is 9.80 Å². The second kappa shape index (κ2) is 21.3. The SMILES string of the molecule is CCCCCCC(CCCCCC)N1C(=O)c2ccc3c4ccc5c6c(cc(OCCc7ccccc7)c(c7ccc(c2c37)C1=O)c64)C(=O)N(C(CCCCCC)CCCCCC)C5=O. The van der Waals surface area contributed by atoms with Gasteiger partial charge in [0.2, 0.25) is 0 Å². The number of benzene rings is 6. The van der Waals surface area contributed by atoms with Gasteiger partial charge in [-0.2, -0.15) is 0 Å². The Kier molecular flexibility index (Phi) is 15.2. The average Bonchev–Trinajstić information content (AvgIpc) is 3.32. The number of unbranched alkanes of at least 4 members (excludes halogenated alkanes) is 12. The molecule has 0 fully saturated rings. The first-order chi connectivity index (χ1) is 31.8. The molecule has 2 heterocycles. The predicted octanol–water partition coefficient (Wildman–Crippen LogP) is 15.2. The molecule has 2 aliphatic heterocycles. The highest BCUT2D eigenvalue weighted by Crippen LogP contribution is 2.50. The molecule has 4 amide bonds. The molecular weight excluding hydrogens is 805 g/mol. The Bertz CT molecular complexity index is 2600. The normalized spacial score (nSPS) is 14.0. The molecule has 0 saturated heterocycles. The zero-order valence-electron chi connectivity index (χ0n) is 39.6. The molecule has 2 aliphatic rings. The van der Waals surface area contributed by atoms with Crippen molar-refractivity contribution in [2.24, 2.45) is 0 Å². The minimum absolute atomic E-state index is 0.150. The summed E-state index contributed by atoms with van der Waals surface area (Å²) in [5.74, 6) is -0.325. The van der Waals surface area contributed by atoms with Gasteiger partial charge in [-0.05, 0) is 77.1 Å². The summed E-state index contributed by atoms with van der Waals surface area (Å²) in [6, 6.07) is 23.6. The summed E-state index contributed by atoms with van der Waals surface area (Å²) in [6.07, 6.45) is 21.2. The molecule has 0 aromatic heterocycles. The van der Waals surface area contributed by atoms with Crippen LogP contribution in [0.5, 0.6) is 5.75 Å². The van der Waals surface area contributed by atoms with Crippen molar-refractivity contribution in [3.8, 4) is 5.75 Å². The highest BCUT2D eigenvalue weighted by molar-refractivity contribution is 6.42. The number of carbonyl (C=O) groups excluding carboxylic acids is 4. The van der Waals surface area contributed by atoms with Crippen LogP contribution in [0.1, 0.15) is 203 Å². The molecule has 0 saturated carbocycles. The number of rotatable bonds is 26. The molecule has 0 radical (unpaired) electrons. The van der Waals surface area contributed by atoms with E-state index in [0.717, 1.165) is 166 Å². The van der Waals surface area contributed by atoms with Crippen LogP contribution in [0.15, 0.2) is 72.8 Å². The van der Waals surface area contributed by atoms with E-state index >= 15 is 4.79 Å². The Hall–Kier alpha value is -5.30. The van der Waals surface area contributed by atoms with E-state index in [9.17, 15) is 14.4 Å². The number of ether oxygens (including phenoxy) is 1. The molecule has 7 heteroatoms. The van der Waals surface area contributed by atoms with E-state index in [1.807, 2.05) is 60.7 Å². The van der Waals surface area contributed by atoms with Crippen LogP contribution in [0.3, 0.4) is 0 Å². The second-order valence-corrected chi connectivity index (χ2v) is 19.0. The van der Waals surface area contributed by atoms with Crippen molar-refractivity contribution in [2.45, 2.75) is 175 Å². The maximum absolute atomic E-state index is 15.1. The van der Waals surface area contributed by atoms with Crippen LogP contribution in [0, 0.1) is 0 Å². The first-order valence-electron chi connectivity index (χ1n) is 25.5. The number of imide groups is 2. The van der Waals surface area contributed by atoms with Gasteiger partial charge in [0.1, 0.15) is 5.75 Å². The molecule has 0 unspecified atom stereocenters. The molecular formula is C58H70N2O5. The molecule has 0 atom stereocenters. The lowest BCUT2D eigenvalue weighted by atomic mass is 9.81. The van der Waals surface area contributed by atoms with Crippen molar-refractivity contribution < 1.29 is 23.9 Å². The van der Waals surface area contributed by atoms with Crippen LogP contribution < -0.4 is 4.74 Å². The van der Waals surface area contributed by atoms with E-state index in [2.05, 4.69) is 39.8 Å². The van der Waals surface area contributed by atoms with Gasteiger partial charge in [-0.1, -0.05) is 179 Å². The number of carbonyl (C=O) groups is 4. The second-order valence-electron chi connectivity index (χ2n) is 19.0. The van der Waals surface area contributed by atoms with Gasteiger partial charge in [-0.3, -0.25) is 29.0 Å². The molecule has 8 rings (SSSR count). The summed E-state index contributed by atoms with van der Waals surface area (Å²) in [7, 11) is 0. The van der Waals surface area contributed by atoms with Crippen molar-refractivity contribution >= 4 is 66.7 Å². The molecule has 0 aliphatic carbocycles. The van der Waals surface area contributed by atoms with Gasteiger partial charge in [0.25, 0.3) is 23.6 Å². The van der Waals surface area contributed by atoms with E-state index < -0.39 is 0 Å². The van der Waals surface area contributed by atoms with E-state index in [0.29, 0.717) is 51.8 Å². The van der Waals surface area contributed by atoms with Crippen LogP contribution in [0.2, 0.25) is 0 Å². The van der Waals surface area contributed by atoms with Crippen molar-refractivity contribution in [3.05, 3.63) is 101 Å². The van der Waals surface area contributed by atoms with Crippen molar-refractivity contribution in [2.75, 3.05) is 6.61 Å². The van der Waals surface area contributed by atoms with Gasteiger partial charge in [0, 0.05) is 56.7 Å². The fourth-order valence-corrected chi connectivity index (χ4v) is 11.1. The largest absolute Gasteiger partial charge is 0.493 e. The molecule has 0 bridgehead atoms. The van der Waals surface area contributed by atoms with Gasteiger partial charge in [-0.15, -0.1) is 0 Å². The number of nitrogens with zero attached hydrogens (tertiary/aromatic N) is 2. The Morgan fingerprint density at radius 2 is 0.831 bits per heavy atom. The molecule has 0 N–H and O–H groups in total. The predicted molar refractivity (Wildman–Crippen MR) is 267 cm³/mol. The highest BCUT2D eigenvalue weighted by atomic mass is 16.5. The third kappa shape index (κ3) is 9.14. The zero-order valence-corrected chi connectivity index (χ0v) is 39.6. The molecule has 7 nitrogen and oxygen atoms in total. The van der Waals surface area contributed by atoms with Crippen LogP contribution in [-0.2, 0) is 6.42 Å². The summed E-state index contributed by atoms with van der Waals surface area (Å²) >= 11 is 0. The van der Waals surface area contributed by atoms with Crippen LogP contribution >= 0.6 is 0 Å². The topological polar surface area (TPSA) is 84.0 Å². The Labute approximate surface area is 386 Å². The lowest BCUT2D eigenvalue weighted by molar-refractivity contribution is 0.0501. The zero-order chi connectivity index (χ0) is 45.5. The van der Waals surface area contributed by atoms with Crippen molar-refractivity contribution in [3.63, 3.8) is 0 Å². The Morgan fingerprint density at radius 3 is 1.29 bits per heavy atom. The smallest absolute Gasteiger partial charge is 0.261 e. The first kappa shape index (κ1) is 46.2. The van der Waals surface area contributed by atoms with Crippen LogP contribution in [-0.4, -0.2) is 52.1 Å². The summed E-state index contributed by atoms with van der Waals surface area (Å²) in [4.78, 5) is 62.9. The maximum atomic E-state index is 15.1. The van der Waals surface area contributed by atoms with Crippen LogP contribution in [0.25, 0.3) is 43.1 Å². The van der Waals surface area contributed by atoms with Gasteiger partial charge < -0.3 is 4.74 Å². The fourth-order valence-electron chi connectivity index (χ4n) is 11.1. The maximum Gasteiger partial charge on any atom is 0.261 e. The van der Waals surface area contributed by atoms with E-state index in [4.69, 9.17) is 4.74 Å². The third-order valence-corrected chi connectivity index (χ3v) is 14.5. The number of hydrogen-bond acceptors (Lipinski definition) is 5. The van der Waals surface area contributed by atoms with E-state index in [-0.39, 0.29) is 35.7 Å². The first-order valence-corrected chi connectivity index (χ1v) is 25.5. The third-order valence-electron chi connectivity index (χ3n) is 14.5. The molecule has 6 aromatic carbocycles. The minimum atomic E-state index is -0.249. The number of hydrogen-bond donors (Lipinski definition) is 0. The van der Waals surface area contributed by atoms with Gasteiger partial charge in [-0.25, -0.2) is 0 Å². The van der Waals surface area contributed by atoms with Crippen molar-refractivity contribution in [1.82, 2.24) is 9.80 Å². The van der Waals surface area contributed by atoms with Crippen molar-refractivity contribution in [1.29, 1.82) is 0 Å². The van der Waals surface area contributed by atoms with Crippen LogP contribution in [0.4, 0.5) is 0 Å². The monoisotopic (exact) mass is 875 g/mol. The number of fused-ring (bicyclic) bond motifs is 2. The lowest BCUT2D eigenvalue weighted by Gasteiger charge is -2.36. The fraction of sp³-hybridized carbons (Fsp3) is 0.483. The number of amides is 4. The molecule has 65 heavy (non-hydrogen) atoms. The van der Waals surface area contributed by atoms with Gasteiger partial charge in [0.05, 0.1) is 12.2 Å². The van der Waals surface area contributed by atoms with Gasteiger partial charge in [0.15, 0.2) is 0 Å². The Balaban J connectivity index is 1.27. The quantitative estimate of drug-likeness (QED) is 0.0235. The molecule has 0 spiro atoms. The standard InChI is InChI=1S/C58H70N2O5/c1-5-9-13-20-26-40(27-21-14-10-6-2)59-55(61)45-33-30-42-43-31-34-47-52-48(58(64)60(57(47)63)41(28-22-15-11-7-3)29-23-16-12-8-4)38-49(65-37-36-39-24-18-17-19-25-39)53(54(43)52)44-32-35-46(56(59)62)51(45)50(42)44/h17-19,24-25,30-35,38,40-41H,5-16,20-23,26-29,36-37H2,1-4H3. The summed E-state index contributed by atoms with van der Waals surface area (Å²) in [5, 5.41) is 6.45. The lowest BCUT2D eigenvalue weighted by Crippen LogP contribution is -2.47. The summed E-state index contributed by atoms with van der Waals surface area (Å²) in [5.41, 5.74) is 3.30. The van der Waals surface area contributed by atoms with E-state index in [1.165, 1.54) is 0 Å². The highest BCUT2D eigenvalue weighted by Gasteiger charge is 2.41. The minimum Gasteiger partial charge on any atom is -0.493 e. The molecule has 6 aromatic rings. The average molecular weight is 875 g/mol. The molecule has 342 valence electrons. The summed E-state index contributed by atoms with van der Waals surface area (Å²) in [6.45, 7) is 9.19. The van der Waals surface area contributed by atoms with Gasteiger partial charge >= 0.3 is 0 Å².